The summed E-state index contributed by atoms with van der Waals surface area (Å²) in [5.41, 5.74) is 4.94. The smallest absolute Gasteiger partial charge is 0.410 e. The molecule has 0 atom stereocenters. The molecule has 1 aliphatic heterocycles. The molecule has 1 aromatic carbocycles. The third-order valence-electron chi connectivity index (χ3n) is 7.00. The number of benzene rings is 1. The highest BCUT2D eigenvalue weighted by Gasteiger charge is 2.30. The number of amides is 1. The maximum absolute atomic E-state index is 13.5. The van der Waals surface area contributed by atoms with Crippen LogP contribution in [0.25, 0.3) is 44.2 Å². The van der Waals surface area contributed by atoms with Gasteiger partial charge < -0.3 is 9.64 Å². The summed E-state index contributed by atoms with van der Waals surface area (Å²) in [5.74, 6) is 0. The van der Waals surface area contributed by atoms with E-state index in [1.807, 2.05) is 55.7 Å². The van der Waals surface area contributed by atoms with Gasteiger partial charge in [-0.2, -0.15) is 5.10 Å². The van der Waals surface area contributed by atoms with Crippen molar-refractivity contribution in [2.45, 2.75) is 45.3 Å². The number of nitrogens with zero attached hydrogens (tertiary/aromatic N) is 6. The lowest BCUT2D eigenvalue weighted by Gasteiger charge is -2.33. The first-order valence-electron chi connectivity index (χ1n) is 12.5. The average molecular weight is 500 g/mol. The molecule has 1 N–H and O–H groups in total. The average Bonchev–Trinajstić information content (AvgIpc) is 3.46. The maximum atomic E-state index is 13.5. The summed E-state index contributed by atoms with van der Waals surface area (Å²) in [6.07, 6.45) is 4.52. The largest absolute Gasteiger partial charge is 0.444 e. The lowest BCUT2D eigenvalue weighted by Crippen LogP contribution is -2.43. The number of carbonyl (C=O) groups is 1. The minimum atomic E-state index is -0.545. The summed E-state index contributed by atoms with van der Waals surface area (Å²) >= 11 is 0. The number of ether oxygens (including phenoxy) is 1. The van der Waals surface area contributed by atoms with Crippen molar-refractivity contribution in [2.24, 2.45) is 7.05 Å². The number of aromatic amines is 1. The monoisotopic (exact) mass is 499 g/mol. The van der Waals surface area contributed by atoms with Gasteiger partial charge in [0.15, 0.2) is 0 Å². The number of piperidine rings is 1. The molecule has 1 saturated heterocycles. The zero-order valence-corrected chi connectivity index (χ0v) is 21.4. The zero-order chi connectivity index (χ0) is 25.9. The van der Waals surface area contributed by atoms with Gasteiger partial charge in [-0.05, 0) is 51.8 Å². The molecular weight excluding hydrogens is 470 g/mol. The third-order valence-corrected chi connectivity index (χ3v) is 7.00. The Labute approximate surface area is 212 Å². The molecule has 0 bridgehead atoms. The van der Waals surface area contributed by atoms with Crippen LogP contribution in [-0.2, 0) is 11.8 Å². The van der Waals surface area contributed by atoms with Crippen LogP contribution in [0, 0.1) is 0 Å². The Kier molecular flexibility index (Phi) is 5.29. The van der Waals surface area contributed by atoms with E-state index in [2.05, 4.69) is 15.2 Å². The van der Waals surface area contributed by atoms with E-state index in [0.717, 1.165) is 38.7 Å². The van der Waals surface area contributed by atoms with Gasteiger partial charge in [-0.25, -0.2) is 14.6 Å². The molecule has 37 heavy (non-hydrogen) atoms. The molecule has 1 fully saturated rings. The molecule has 0 unspecified atom stereocenters. The second-order valence-electron chi connectivity index (χ2n) is 10.6. The number of rotatable bonds is 2. The summed E-state index contributed by atoms with van der Waals surface area (Å²) in [5, 5.41) is 8.17. The third kappa shape index (κ3) is 3.92. The standard InChI is InChI=1S/C27H29N7O3/c1-27(2,3)37-26(36)33-12-10-16(11-13-33)34-24-22(32(4)25(34)35)15-28-21-9-8-19(30-23(21)24)17-6-5-7-20-18(17)14-29-31-20/h5-9,14-16H,10-13H2,1-4H3,(H,29,31). The van der Waals surface area contributed by atoms with Gasteiger partial charge in [0, 0.05) is 37.1 Å². The Morgan fingerprint density at radius 1 is 1.11 bits per heavy atom. The predicted molar refractivity (Wildman–Crippen MR) is 141 cm³/mol. The van der Waals surface area contributed by atoms with Gasteiger partial charge in [-0.3, -0.25) is 19.2 Å². The molecule has 0 aliphatic carbocycles. The lowest BCUT2D eigenvalue weighted by atomic mass is 10.0. The molecule has 5 aromatic rings. The number of nitrogens with one attached hydrogen (secondary N) is 1. The van der Waals surface area contributed by atoms with Crippen LogP contribution in [0.5, 0.6) is 0 Å². The molecule has 4 aromatic heterocycles. The number of pyridine rings is 2. The van der Waals surface area contributed by atoms with Crippen LogP contribution in [0.15, 0.2) is 47.5 Å². The minimum Gasteiger partial charge on any atom is -0.444 e. The first-order valence-corrected chi connectivity index (χ1v) is 12.5. The number of hydrogen-bond donors (Lipinski definition) is 1. The van der Waals surface area contributed by atoms with Crippen LogP contribution < -0.4 is 5.69 Å². The SMILES string of the molecule is Cn1c(=O)n(C2CCN(C(=O)OC(C)(C)C)CC2)c2c3nc(-c4cccc5[nH]ncc45)ccc3ncc21. The quantitative estimate of drug-likeness (QED) is 0.385. The van der Waals surface area contributed by atoms with Crippen LogP contribution in [0.4, 0.5) is 4.79 Å². The van der Waals surface area contributed by atoms with E-state index in [4.69, 9.17) is 9.72 Å². The molecular formula is C27H29N7O3. The van der Waals surface area contributed by atoms with Crippen molar-refractivity contribution in [3.05, 3.63) is 53.2 Å². The highest BCUT2D eigenvalue weighted by molar-refractivity contribution is 6.02. The molecule has 0 saturated carbocycles. The van der Waals surface area contributed by atoms with E-state index in [1.54, 1.807) is 28.9 Å². The van der Waals surface area contributed by atoms with E-state index >= 15 is 0 Å². The summed E-state index contributed by atoms with van der Waals surface area (Å²) in [6.45, 7) is 6.63. The number of carbonyl (C=O) groups excluding carboxylic acids is 1. The summed E-state index contributed by atoms with van der Waals surface area (Å²) in [4.78, 5) is 37.4. The predicted octanol–water partition coefficient (Wildman–Crippen LogP) is 4.40. The topological polar surface area (TPSA) is 111 Å². The molecule has 0 radical (unpaired) electrons. The van der Waals surface area contributed by atoms with E-state index < -0.39 is 5.60 Å². The van der Waals surface area contributed by atoms with Crippen molar-refractivity contribution in [2.75, 3.05) is 13.1 Å². The second kappa shape index (κ2) is 8.43. The van der Waals surface area contributed by atoms with Gasteiger partial charge >= 0.3 is 11.8 Å². The number of aryl methyl sites for hydroxylation is 1. The Morgan fingerprint density at radius 2 is 1.89 bits per heavy atom. The van der Waals surface area contributed by atoms with Gasteiger partial charge in [-0.1, -0.05) is 12.1 Å². The van der Waals surface area contributed by atoms with Crippen LogP contribution in [0.1, 0.15) is 39.7 Å². The van der Waals surface area contributed by atoms with E-state index in [9.17, 15) is 9.59 Å². The highest BCUT2D eigenvalue weighted by atomic mass is 16.6. The fraction of sp³-hybridized carbons (Fsp3) is 0.370. The van der Waals surface area contributed by atoms with Crippen LogP contribution >= 0.6 is 0 Å². The molecule has 10 heteroatoms. The van der Waals surface area contributed by atoms with Crippen molar-refractivity contribution in [1.29, 1.82) is 0 Å². The number of likely N-dealkylation sites (tertiary alicyclic amines) is 1. The molecule has 190 valence electrons. The minimum absolute atomic E-state index is 0.0664. The van der Waals surface area contributed by atoms with Crippen molar-refractivity contribution in [3.63, 3.8) is 0 Å². The van der Waals surface area contributed by atoms with Crippen LogP contribution in [0.2, 0.25) is 0 Å². The van der Waals surface area contributed by atoms with Crippen LogP contribution in [0.3, 0.4) is 0 Å². The van der Waals surface area contributed by atoms with Gasteiger partial charge in [0.05, 0.1) is 40.2 Å². The van der Waals surface area contributed by atoms with Crippen molar-refractivity contribution < 1.29 is 9.53 Å². The van der Waals surface area contributed by atoms with Gasteiger partial charge in [0.1, 0.15) is 11.1 Å². The van der Waals surface area contributed by atoms with Crippen LogP contribution in [-0.4, -0.2) is 59.0 Å². The van der Waals surface area contributed by atoms with E-state index in [-0.39, 0.29) is 17.8 Å². The molecule has 0 spiro atoms. The highest BCUT2D eigenvalue weighted by Crippen LogP contribution is 2.32. The maximum Gasteiger partial charge on any atom is 0.410 e. The first kappa shape index (κ1) is 23.2. The van der Waals surface area contributed by atoms with E-state index in [1.165, 1.54) is 0 Å². The number of fused-ring (bicyclic) bond motifs is 4. The van der Waals surface area contributed by atoms with Gasteiger partial charge in [0.2, 0.25) is 0 Å². The van der Waals surface area contributed by atoms with Crippen molar-refractivity contribution in [3.8, 4) is 11.3 Å². The fourth-order valence-corrected chi connectivity index (χ4v) is 5.20. The number of aromatic nitrogens is 6. The Balaban J connectivity index is 1.43. The first-order chi connectivity index (χ1) is 17.7. The number of hydrogen-bond acceptors (Lipinski definition) is 6. The Bertz CT molecular complexity index is 1720. The van der Waals surface area contributed by atoms with Gasteiger partial charge in [0.25, 0.3) is 0 Å². The molecule has 1 aliphatic rings. The zero-order valence-electron chi connectivity index (χ0n) is 21.4. The van der Waals surface area contributed by atoms with Gasteiger partial charge in [-0.15, -0.1) is 0 Å². The molecule has 6 rings (SSSR count). The normalized spacial score (nSPS) is 15.2. The molecule has 5 heterocycles. The fourth-order valence-electron chi connectivity index (χ4n) is 5.20. The lowest BCUT2D eigenvalue weighted by molar-refractivity contribution is 0.0188. The van der Waals surface area contributed by atoms with E-state index in [0.29, 0.717) is 31.4 Å². The summed E-state index contributed by atoms with van der Waals surface area (Å²) < 4.78 is 9.02. The molecule has 10 nitrogen and oxygen atoms in total. The Morgan fingerprint density at radius 3 is 2.65 bits per heavy atom. The second-order valence-corrected chi connectivity index (χ2v) is 10.6. The molecule has 1 amide bonds. The van der Waals surface area contributed by atoms with Crippen molar-refractivity contribution >= 4 is 39.1 Å². The van der Waals surface area contributed by atoms with Crippen molar-refractivity contribution in [1.82, 2.24) is 34.2 Å². The number of H-pyrrole nitrogens is 1. The Hall–Kier alpha value is -4.21. The summed E-state index contributed by atoms with van der Waals surface area (Å²) in [6, 6.07) is 9.80. The summed E-state index contributed by atoms with van der Waals surface area (Å²) in [7, 11) is 1.76. The number of imidazole rings is 1.